The standard InChI is InChI=1S/C15H18F3NO4/c1-8(12(20)21)10-6-5-9(15(16,17)18)7-11(10)19-13(22)23-14(2,3)4/h5-8H,1-4H3,(H,19,22)(H,20,21). The average molecular weight is 333 g/mol. The quantitative estimate of drug-likeness (QED) is 0.867. The number of carboxylic acid groups (broad SMARTS) is 1. The van der Waals surface area contributed by atoms with Gasteiger partial charge in [0.2, 0.25) is 0 Å². The predicted molar refractivity (Wildman–Crippen MR) is 77.4 cm³/mol. The minimum Gasteiger partial charge on any atom is -0.481 e. The summed E-state index contributed by atoms with van der Waals surface area (Å²) in [6, 6.07) is 2.50. The van der Waals surface area contributed by atoms with Gasteiger partial charge in [-0.15, -0.1) is 0 Å². The molecule has 0 aliphatic rings. The minimum absolute atomic E-state index is 0.0522. The van der Waals surface area contributed by atoms with Crippen molar-refractivity contribution in [3.8, 4) is 0 Å². The van der Waals surface area contributed by atoms with E-state index in [1.807, 2.05) is 0 Å². The molecule has 1 amide bonds. The summed E-state index contributed by atoms with van der Waals surface area (Å²) < 4.78 is 43.4. The maximum Gasteiger partial charge on any atom is 0.416 e. The zero-order valence-corrected chi connectivity index (χ0v) is 13.1. The predicted octanol–water partition coefficient (Wildman–Crippen LogP) is 4.24. The van der Waals surface area contributed by atoms with Crippen molar-refractivity contribution in [1.82, 2.24) is 0 Å². The van der Waals surface area contributed by atoms with Crippen molar-refractivity contribution in [2.45, 2.75) is 45.4 Å². The van der Waals surface area contributed by atoms with Gasteiger partial charge in [0.1, 0.15) is 5.60 Å². The number of ether oxygens (including phenoxy) is 1. The molecule has 23 heavy (non-hydrogen) atoms. The highest BCUT2D eigenvalue weighted by molar-refractivity contribution is 5.88. The van der Waals surface area contributed by atoms with E-state index in [9.17, 15) is 22.8 Å². The second-order valence-corrected chi connectivity index (χ2v) is 5.99. The molecule has 1 aromatic rings. The molecule has 0 saturated carbocycles. The van der Waals surface area contributed by atoms with Crippen molar-refractivity contribution in [2.24, 2.45) is 0 Å². The number of rotatable bonds is 3. The van der Waals surface area contributed by atoms with Gasteiger partial charge in [-0.05, 0) is 45.4 Å². The van der Waals surface area contributed by atoms with Gasteiger partial charge in [-0.1, -0.05) is 6.07 Å². The first-order chi connectivity index (χ1) is 10.3. The minimum atomic E-state index is -4.62. The molecule has 0 saturated heterocycles. The lowest BCUT2D eigenvalue weighted by Gasteiger charge is -2.21. The zero-order valence-electron chi connectivity index (χ0n) is 13.1. The molecule has 1 unspecified atom stereocenters. The second kappa shape index (κ2) is 6.47. The number of carbonyl (C=O) groups excluding carboxylic acids is 1. The Hall–Kier alpha value is -2.25. The molecule has 1 rings (SSSR count). The molecule has 0 spiro atoms. The van der Waals surface area contributed by atoms with E-state index >= 15 is 0 Å². The van der Waals surface area contributed by atoms with Crippen LogP contribution in [0.5, 0.6) is 0 Å². The lowest BCUT2D eigenvalue weighted by Crippen LogP contribution is -2.28. The molecule has 0 bridgehead atoms. The number of aliphatic carboxylic acids is 1. The maximum atomic E-state index is 12.8. The van der Waals surface area contributed by atoms with Crippen molar-refractivity contribution < 1.29 is 32.6 Å². The van der Waals surface area contributed by atoms with Crippen LogP contribution in [0.4, 0.5) is 23.7 Å². The molecular weight excluding hydrogens is 315 g/mol. The zero-order chi connectivity index (χ0) is 18.0. The number of nitrogens with one attached hydrogen (secondary N) is 1. The summed E-state index contributed by atoms with van der Waals surface area (Å²) in [6.07, 6.45) is -5.58. The van der Waals surface area contributed by atoms with Gasteiger partial charge in [0.05, 0.1) is 11.5 Å². The molecule has 0 heterocycles. The lowest BCUT2D eigenvalue weighted by molar-refractivity contribution is -0.138. The van der Waals surface area contributed by atoms with Crippen LogP contribution >= 0.6 is 0 Å². The SMILES string of the molecule is CC(C(=O)O)c1ccc(C(F)(F)F)cc1NC(=O)OC(C)(C)C. The van der Waals surface area contributed by atoms with E-state index < -0.39 is 35.3 Å². The van der Waals surface area contributed by atoms with Crippen molar-refractivity contribution in [1.29, 1.82) is 0 Å². The summed E-state index contributed by atoms with van der Waals surface area (Å²) in [7, 11) is 0. The third-order valence-corrected chi connectivity index (χ3v) is 2.85. The number of hydrogen-bond acceptors (Lipinski definition) is 3. The first-order valence-corrected chi connectivity index (χ1v) is 6.75. The Kier molecular flexibility index (Phi) is 5.29. The van der Waals surface area contributed by atoms with Crippen LogP contribution in [0.3, 0.4) is 0 Å². The van der Waals surface area contributed by atoms with Gasteiger partial charge in [0.25, 0.3) is 0 Å². The van der Waals surface area contributed by atoms with Crippen LogP contribution in [0.2, 0.25) is 0 Å². The highest BCUT2D eigenvalue weighted by atomic mass is 19.4. The Morgan fingerprint density at radius 3 is 2.22 bits per heavy atom. The van der Waals surface area contributed by atoms with E-state index in [-0.39, 0.29) is 11.3 Å². The van der Waals surface area contributed by atoms with E-state index in [0.29, 0.717) is 6.07 Å². The van der Waals surface area contributed by atoms with Crippen molar-refractivity contribution in [3.05, 3.63) is 29.3 Å². The summed E-state index contributed by atoms with van der Waals surface area (Å²) in [5.74, 6) is -2.32. The fourth-order valence-electron chi connectivity index (χ4n) is 1.77. The molecule has 0 aliphatic heterocycles. The smallest absolute Gasteiger partial charge is 0.416 e. The number of carbonyl (C=O) groups is 2. The van der Waals surface area contributed by atoms with E-state index in [2.05, 4.69) is 5.32 Å². The van der Waals surface area contributed by atoms with Crippen LogP contribution in [0.15, 0.2) is 18.2 Å². The van der Waals surface area contributed by atoms with E-state index in [4.69, 9.17) is 9.84 Å². The van der Waals surface area contributed by atoms with Crippen LogP contribution in [-0.4, -0.2) is 22.8 Å². The molecule has 128 valence electrons. The lowest BCUT2D eigenvalue weighted by atomic mass is 9.97. The van der Waals surface area contributed by atoms with Gasteiger partial charge in [-0.2, -0.15) is 13.2 Å². The van der Waals surface area contributed by atoms with E-state index in [0.717, 1.165) is 12.1 Å². The van der Waals surface area contributed by atoms with E-state index in [1.54, 1.807) is 20.8 Å². The van der Waals surface area contributed by atoms with Crippen molar-refractivity contribution in [2.75, 3.05) is 5.32 Å². The van der Waals surface area contributed by atoms with E-state index in [1.165, 1.54) is 6.92 Å². The van der Waals surface area contributed by atoms with Crippen LogP contribution in [-0.2, 0) is 15.7 Å². The molecule has 0 fully saturated rings. The van der Waals surface area contributed by atoms with Gasteiger partial charge < -0.3 is 9.84 Å². The maximum absolute atomic E-state index is 12.8. The van der Waals surface area contributed by atoms with Gasteiger partial charge in [-0.25, -0.2) is 4.79 Å². The number of anilines is 1. The normalized spacial score (nSPS) is 13.3. The molecule has 8 heteroatoms. The van der Waals surface area contributed by atoms with Crippen LogP contribution < -0.4 is 5.32 Å². The third kappa shape index (κ3) is 5.46. The summed E-state index contributed by atoms with van der Waals surface area (Å²) >= 11 is 0. The summed E-state index contributed by atoms with van der Waals surface area (Å²) in [4.78, 5) is 22.9. The number of alkyl halides is 3. The highest BCUT2D eigenvalue weighted by Gasteiger charge is 2.32. The van der Waals surface area contributed by atoms with Gasteiger partial charge in [0, 0.05) is 5.69 Å². The van der Waals surface area contributed by atoms with Gasteiger partial charge >= 0.3 is 18.2 Å². The Bertz CT molecular complexity index is 606. The molecule has 0 aromatic heterocycles. The fraction of sp³-hybridized carbons (Fsp3) is 0.467. The molecule has 0 radical (unpaired) electrons. The molecule has 0 aliphatic carbocycles. The first kappa shape index (κ1) is 18.8. The Balaban J connectivity index is 3.23. The molecule has 1 atom stereocenters. The highest BCUT2D eigenvalue weighted by Crippen LogP contribution is 2.34. The molecule has 1 aromatic carbocycles. The number of amides is 1. The van der Waals surface area contributed by atoms with Crippen molar-refractivity contribution >= 4 is 17.7 Å². The Labute approximate surface area is 131 Å². The largest absolute Gasteiger partial charge is 0.481 e. The summed E-state index contributed by atoms with van der Waals surface area (Å²) in [6.45, 7) is 6.10. The molecule has 5 nitrogen and oxygen atoms in total. The number of carboxylic acids is 1. The first-order valence-electron chi connectivity index (χ1n) is 6.75. The van der Waals surface area contributed by atoms with Crippen LogP contribution in [0.25, 0.3) is 0 Å². The fourth-order valence-corrected chi connectivity index (χ4v) is 1.77. The average Bonchev–Trinajstić information content (AvgIpc) is 2.34. The second-order valence-electron chi connectivity index (χ2n) is 5.99. The Morgan fingerprint density at radius 1 is 1.22 bits per heavy atom. The number of halogens is 3. The summed E-state index contributed by atoms with van der Waals surface area (Å²) in [5.41, 5.74) is -2.03. The Morgan fingerprint density at radius 2 is 1.78 bits per heavy atom. The van der Waals surface area contributed by atoms with Gasteiger partial charge in [0.15, 0.2) is 0 Å². The third-order valence-electron chi connectivity index (χ3n) is 2.85. The molecular formula is C15H18F3NO4. The van der Waals surface area contributed by atoms with Gasteiger partial charge in [-0.3, -0.25) is 10.1 Å². The van der Waals surface area contributed by atoms with Crippen LogP contribution in [0.1, 0.15) is 44.7 Å². The van der Waals surface area contributed by atoms with Crippen LogP contribution in [0, 0.1) is 0 Å². The molecule has 2 N–H and O–H groups in total. The number of benzene rings is 1. The summed E-state index contributed by atoms with van der Waals surface area (Å²) in [5, 5.41) is 11.2. The number of hydrogen-bond donors (Lipinski definition) is 2. The topological polar surface area (TPSA) is 75.6 Å². The monoisotopic (exact) mass is 333 g/mol. The van der Waals surface area contributed by atoms with Crippen molar-refractivity contribution in [3.63, 3.8) is 0 Å².